The molecule has 0 amide bonds. The summed E-state index contributed by atoms with van der Waals surface area (Å²) in [4.78, 5) is 9.83. The van der Waals surface area contributed by atoms with Crippen LogP contribution in [-0.2, 0) is 6.42 Å². The Morgan fingerprint density at radius 2 is 2.25 bits per heavy atom. The molecule has 2 N–H and O–H groups in total. The maximum absolute atomic E-state index is 5.75. The number of nitrogens with two attached hydrogens (primary N) is 1. The minimum absolute atomic E-state index is 0.123. The molecule has 0 aliphatic heterocycles. The van der Waals surface area contributed by atoms with Gasteiger partial charge in [0.05, 0.1) is 8.66 Å². The fourth-order valence-corrected chi connectivity index (χ4v) is 2.72. The Labute approximate surface area is 107 Å². The fraction of sp³-hybridized carbons (Fsp3) is 0.273. The standard InChI is InChI=1S/C11H12BrN3S/c1-7(13)6-8-4-5-14-11(15-8)9-2-3-10(12)16-9/h2-5,7H,6,13H2,1H3. The number of rotatable bonds is 3. The highest BCUT2D eigenvalue weighted by molar-refractivity contribution is 9.11. The van der Waals surface area contributed by atoms with E-state index in [1.165, 1.54) is 0 Å². The number of nitrogens with zero attached hydrogens (tertiary/aromatic N) is 2. The Hall–Kier alpha value is -0.780. The minimum Gasteiger partial charge on any atom is -0.328 e. The van der Waals surface area contributed by atoms with Crippen molar-refractivity contribution in [1.82, 2.24) is 9.97 Å². The molecule has 2 aromatic heterocycles. The van der Waals surface area contributed by atoms with Gasteiger partial charge >= 0.3 is 0 Å². The van der Waals surface area contributed by atoms with Crippen molar-refractivity contribution in [2.45, 2.75) is 19.4 Å². The van der Waals surface area contributed by atoms with Gasteiger partial charge in [-0.2, -0.15) is 0 Å². The summed E-state index contributed by atoms with van der Waals surface area (Å²) >= 11 is 5.06. The van der Waals surface area contributed by atoms with Crippen LogP contribution in [0.25, 0.3) is 10.7 Å². The van der Waals surface area contributed by atoms with Gasteiger partial charge in [0.1, 0.15) is 0 Å². The first-order valence-corrected chi connectivity index (χ1v) is 6.59. The highest BCUT2D eigenvalue weighted by Crippen LogP contribution is 2.28. The summed E-state index contributed by atoms with van der Waals surface area (Å²) in [6.07, 6.45) is 2.57. The van der Waals surface area contributed by atoms with Gasteiger partial charge in [-0.25, -0.2) is 9.97 Å². The van der Waals surface area contributed by atoms with E-state index in [2.05, 4.69) is 25.9 Å². The molecule has 1 unspecified atom stereocenters. The van der Waals surface area contributed by atoms with E-state index < -0.39 is 0 Å². The lowest BCUT2D eigenvalue weighted by Gasteiger charge is -2.04. The Morgan fingerprint density at radius 3 is 2.88 bits per heavy atom. The molecule has 2 rings (SSSR count). The quantitative estimate of drug-likeness (QED) is 0.948. The van der Waals surface area contributed by atoms with Gasteiger partial charge in [-0.15, -0.1) is 11.3 Å². The monoisotopic (exact) mass is 297 g/mol. The van der Waals surface area contributed by atoms with Crippen molar-refractivity contribution >= 4 is 27.3 Å². The van der Waals surface area contributed by atoms with Crippen LogP contribution < -0.4 is 5.73 Å². The van der Waals surface area contributed by atoms with Crippen LogP contribution >= 0.6 is 27.3 Å². The third-order valence-electron chi connectivity index (χ3n) is 2.04. The normalized spacial score (nSPS) is 12.7. The lowest BCUT2D eigenvalue weighted by Crippen LogP contribution is -2.18. The summed E-state index contributed by atoms with van der Waals surface area (Å²) < 4.78 is 1.09. The van der Waals surface area contributed by atoms with Crippen molar-refractivity contribution in [2.75, 3.05) is 0 Å². The molecule has 0 fully saturated rings. The van der Waals surface area contributed by atoms with E-state index in [4.69, 9.17) is 5.73 Å². The topological polar surface area (TPSA) is 51.8 Å². The zero-order valence-corrected chi connectivity index (χ0v) is 11.3. The lowest BCUT2D eigenvalue weighted by atomic mass is 10.2. The summed E-state index contributed by atoms with van der Waals surface area (Å²) in [6.45, 7) is 1.98. The predicted octanol–water partition coefficient (Wildman–Crippen LogP) is 2.86. The second kappa shape index (κ2) is 5.03. The van der Waals surface area contributed by atoms with Crippen molar-refractivity contribution in [3.05, 3.63) is 33.9 Å². The summed E-state index contributed by atoms with van der Waals surface area (Å²) in [5.41, 5.74) is 6.74. The molecule has 3 nitrogen and oxygen atoms in total. The molecular weight excluding hydrogens is 286 g/mol. The van der Waals surface area contributed by atoms with Crippen LogP contribution in [0.4, 0.5) is 0 Å². The van der Waals surface area contributed by atoms with Crippen molar-refractivity contribution in [2.24, 2.45) is 5.73 Å². The highest BCUT2D eigenvalue weighted by Gasteiger charge is 2.06. The second-order valence-electron chi connectivity index (χ2n) is 3.66. The first kappa shape index (κ1) is 11.7. The number of thiophene rings is 1. The molecule has 0 saturated heterocycles. The Balaban J connectivity index is 2.28. The average Bonchev–Trinajstić information content (AvgIpc) is 2.64. The van der Waals surface area contributed by atoms with Crippen LogP contribution in [0, 0.1) is 0 Å². The van der Waals surface area contributed by atoms with Gasteiger partial charge in [-0.05, 0) is 41.1 Å². The maximum Gasteiger partial charge on any atom is 0.169 e. The molecule has 0 aliphatic carbocycles. The van der Waals surface area contributed by atoms with Crippen LogP contribution in [-0.4, -0.2) is 16.0 Å². The van der Waals surface area contributed by atoms with Gasteiger partial charge in [0.25, 0.3) is 0 Å². The average molecular weight is 298 g/mol. The molecule has 0 saturated carbocycles. The summed E-state index contributed by atoms with van der Waals surface area (Å²) in [5, 5.41) is 0. The number of aromatic nitrogens is 2. The van der Waals surface area contributed by atoms with E-state index in [0.29, 0.717) is 0 Å². The van der Waals surface area contributed by atoms with Gasteiger partial charge in [0.15, 0.2) is 5.82 Å². The molecule has 0 aliphatic rings. The van der Waals surface area contributed by atoms with E-state index in [-0.39, 0.29) is 6.04 Å². The van der Waals surface area contributed by atoms with Crippen LogP contribution in [0.5, 0.6) is 0 Å². The molecule has 16 heavy (non-hydrogen) atoms. The highest BCUT2D eigenvalue weighted by atomic mass is 79.9. The van der Waals surface area contributed by atoms with E-state index >= 15 is 0 Å². The SMILES string of the molecule is CC(N)Cc1ccnc(-c2ccc(Br)s2)n1. The number of hydrogen-bond acceptors (Lipinski definition) is 4. The van der Waals surface area contributed by atoms with E-state index in [0.717, 1.165) is 26.6 Å². The first-order chi connectivity index (χ1) is 7.65. The smallest absolute Gasteiger partial charge is 0.169 e. The zero-order valence-electron chi connectivity index (χ0n) is 8.85. The molecule has 0 bridgehead atoms. The van der Waals surface area contributed by atoms with Crippen molar-refractivity contribution < 1.29 is 0 Å². The summed E-state index contributed by atoms with van der Waals surface area (Å²) in [5.74, 6) is 0.772. The predicted molar refractivity (Wildman–Crippen MR) is 70.4 cm³/mol. The Bertz CT molecular complexity index is 482. The molecule has 0 aromatic carbocycles. The molecule has 2 heterocycles. The van der Waals surface area contributed by atoms with Gasteiger partial charge in [0, 0.05) is 24.4 Å². The fourth-order valence-electron chi connectivity index (χ4n) is 1.39. The minimum atomic E-state index is 0.123. The zero-order chi connectivity index (χ0) is 11.5. The Morgan fingerprint density at radius 1 is 1.44 bits per heavy atom. The van der Waals surface area contributed by atoms with Gasteiger partial charge < -0.3 is 5.73 Å². The number of halogens is 1. The maximum atomic E-state index is 5.75. The van der Waals surface area contributed by atoms with Crippen LogP contribution in [0.2, 0.25) is 0 Å². The molecule has 0 spiro atoms. The van der Waals surface area contributed by atoms with Crippen molar-refractivity contribution in [3.63, 3.8) is 0 Å². The number of hydrogen-bond donors (Lipinski definition) is 1. The van der Waals surface area contributed by atoms with E-state index in [1.807, 2.05) is 25.1 Å². The molecular formula is C11H12BrN3S. The van der Waals surface area contributed by atoms with Crippen LogP contribution in [0.3, 0.4) is 0 Å². The third-order valence-corrected chi connectivity index (χ3v) is 3.66. The molecule has 5 heteroatoms. The van der Waals surface area contributed by atoms with Crippen LogP contribution in [0.1, 0.15) is 12.6 Å². The van der Waals surface area contributed by atoms with Gasteiger partial charge in [-0.3, -0.25) is 0 Å². The summed E-state index contributed by atoms with van der Waals surface area (Å²) in [6, 6.07) is 6.05. The Kier molecular flexibility index (Phi) is 3.68. The van der Waals surface area contributed by atoms with Crippen molar-refractivity contribution in [1.29, 1.82) is 0 Å². The molecule has 1 atom stereocenters. The largest absolute Gasteiger partial charge is 0.328 e. The molecule has 2 aromatic rings. The van der Waals surface area contributed by atoms with Gasteiger partial charge in [-0.1, -0.05) is 0 Å². The first-order valence-electron chi connectivity index (χ1n) is 4.98. The van der Waals surface area contributed by atoms with E-state index in [1.54, 1.807) is 17.5 Å². The molecule has 0 radical (unpaired) electrons. The van der Waals surface area contributed by atoms with Crippen LogP contribution in [0.15, 0.2) is 28.2 Å². The lowest BCUT2D eigenvalue weighted by molar-refractivity contribution is 0.721. The second-order valence-corrected chi connectivity index (χ2v) is 6.12. The summed E-state index contributed by atoms with van der Waals surface area (Å²) in [7, 11) is 0. The molecule has 84 valence electrons. The van der Waals surface area contributed by atoms with E-state index in [9.17, 15) is 0 Å². The third kappa shape index (κ3) is 2.87. The van der Waals surface area contributed by atoms with Gasteiger partial charge in [0.2, 0.25) is 0 Å². The van der Waals surface area contributed by atoms with Crippen molar-refractivity contribution in [3.8, 4) is 10.7 Å².